The molecule has 2 rings (SSSR count). The van der Waals surface area contributed by atoms with Gasteiger partial charge >= 0.3 is 0 Å². The molecule has 0 spiro atoms. The molecule has 3 amide bonds. The smallest absolute Gasteiger partial charge is 0.261 e. The van der Waals surface area contributed by atoms with E-state index in [0.717, 1.165) is 24.2 Å². The molecule has 0 saturated carbocycles. The van der Waals surface area contributed by atoms with Crippen molar-refractivity contribution in [1.29, 1.82) is 0 Å². The lowest BCUT2D eigenvalue weighted by molar-refractivity contribution is 0.0693. The van der Waals surface area contributed by atoms with E-state index in [4.69, 9.17) is 5.11 Å². The van der Waals surface area contributed by atoms with Gasteiger partial charge in [-0.05, 0) is 37.5 Å². The summed E-state index contributed by atoms with van der Waals surface area (Å²) < 4.78 is 0. The lowest BCUT2D eigenvalue weighted by Crippen LogP contribution is -2.25. The Morgan fingerprint density at radius 2 is 1.86 bits per heavy atom. The fourth-order valence-electron chi connectivity index (χ4n) is 2.22. The van der Waals surface area contributed by atoms with E-state index >= 15 is 0 Å². The summed E-state index contributed by atoms with van der Waals surface area (Å²) in [6, 6.07) is 4.52. The van der Waals surface area contributed by atoms with Gasteiger partial charge in [-0.3, -0.25) is 19.3 Å². The number of imide groups is 1. The van der Waals surface area contributed by atoms with Crippen LogP contribution in [0.25, 0.3) is 0 Å². The van der Waals surface area contributed by atoms with Gasteiger partial charge < -0.3 is 10.4 Å². The molecule has 0 atom stereocenters. The number of amides is 3. The zero-order valence-electron chi connectivity index (χ0n) is 11.9. The number of nitrogens with zero attached hydrogens (tertiary/aromatic N) is 1. The third-order valence-electron chi connectivity index (χ3n) is 3.47. The molecule has 21 heavy (non-hydrogen) atoms. The van der Waals surface area contributed by atoms with Gasteiger partial charge in [-0.25, -0.2) is 0 Å². The predicted octanol–water partition coefficient (Wildman–Crippen LogP) is 0.805. The number of carbonyl (C=O) groups is 3. The second-order valence-electron chi connectivity index (χ2n) is 4.97. The Morgan fingerprint density at radius 1 is 1.14 bits per heavy atom. The second-order valence-corrected chi connectivity index (χ2v) is 4.97. The topological polar surface area (TPSA) is 86.7 Å². The van der Waals surface area contributed by atoms with Gasteiger partial charge in [0.05, 0.1) is 11.1 Å². The molecule has 0 aliphatic carbocycles. The van der Waals surface area contributed by atoms with Crippen molar-refractivity contribution in [3.05, 3.63) is 34.9 Å². The van der Waals surface area contributed by atoms with Crippen LogP contribution < -0.4 is 5.32 Å². The summed E-state index contributed by atoms with van der Waals surface area (Å²) in [5.74, 6) is -0.991. The summed E-state index contributed by atoms with van der Waals surface area (Å²) >= 11 is 0. The number of aliphatic hydroxyl groups is 1. The highest BCUT2D eigenvalue weighted by atomic mass is 16.3. The average Bonchev–Trinajstić information content (AvgIpc) is 2.71. The van der Waals surface area contributed by atoms with Crippen LogP contribution in [0, 0.1) is 0 Å². The van der Waals surface area contributed by atoms with Crippen LogP contribution in [0.15, 0.2) is 18.2 Å². The Kier molecular flexibility index (Phi) is 4.70. The van der Waals surface area contributed by atoms with Gasteiger partial charge in [-0.2, -0.15) is 0 Å². The normalized spacial score (nSPS) is 13.5. The van der Waals surface area contributed by atoms with E-state index in [2.05, 4.69) is 5.32 Å². The van der Waals surface area contributed by atoms with Crippen molar-refractivity contribution in [2.75, 3.05) is 20.2 Å². The first-order valence-corrected chi connectivity index (χ1v) is 6.91. The molecule has 0 aromatic heterocycles. The maximum Gasteiger partial charge on any atom is 0.261 e. The number of hydrogen-bond donors (Lipinski definition) is 2. The van der Waals surface area contributed by atoms with Crippen LogP contribution >= 0.6 is 0 Å². The van der Waals surface area contributed by atoms with E-state index in [0.29, 0.717) is 17.7 Å². The molecule has 0 saturated heterocycles. The van der Waals surface area contributed by atoms with Crippen LogP contribution in [-0.2, 0) is 0 Å². The molecule has 2 N–H and O–H groups in total. The van der Waals surface area contributed by atoms with Crippen molar-refractivity contribution in [3.8, 4) is 0 Å². The van der Waals surface area contributed by atoms with Crippen LogP contribution in [0.3, 0.4) is 0 Å². The number of carbonyl (C=O) groups excluding carboxylic acids is 3. The summed E-state index contributed by atoms with van der Waals surface area (Å²) in [4.78, 5) is 36.6. The van der Waals surface area contributed by atoms with Gasteiger partial charge in [0.2, 0.25) is 0 Å². The highest BCUT2D eigenvalue weighted by Crippen LogP contribution is 2.22. The minimum atomic E-state index is -0.382. The Bertz CT molecular complexity index is 583. The third-order valence-corrected chi connectivity index (χ3v) is 3.47. The van der Waals surface area contributed by atoms with Gasteiger partial charge in [0.15, 0.2) is 0 Å². The first kappa shape index (κ1) is 15.2. The number of benzene rings is 1. The standard InChI is InChI=1S/C15H18N2O4/c1-17-14(20)11-6-5-10(9-12(11)15(17)21)13(19)16-7-3-2-4-8-18/h5-6,9,18H,2-4,7-8H2,1H3,(H,16,19). The second kappa shape index (κ2) is 6.49. The van der Waals surface area contributed by atoms with E-state index in [-0.39, 0.29) is 29.9 Å². The maximum atomic E-state index is 12.0. The van der Waals surface area contributed by atoms with Gasteiger partial charge in [0.25, 0.3) is 17.7 Å². The number of aliphatic hydroxyl groups excluding tert-OH is 1. The minimum absolute atomic E-state index is 0.155. The van der Waals surface area contributed by atoms with E-state index < -0.39 is 0 Å². The molecular weight excluding hydrogens is 272 g/mol. The molecule has 0 unspecified atom stereocenters. The fourth-order valence-corrected chi connectivity index (χ4v) is 2.22. The van der Waals surface area contributed by atoms with Crippen LogP contribution in [0.2, 0.25) is 0 Å². The number of fused-ring (bicyclic) bond motifs is 1. The SMILES string of the molecule is CN1C(=O)c2ccc(C(=O)NCCCCCO)cc2C1=O. The minimum Gasteiger partial charge on any atom is -0.396 e. The van der Waals surface area contributed by atoms with Gasteiger partial charge in [-0.15, -0.1) is 0 Å². The molecule has 1 aliphatic rings. The highest BCUT2D eigenvalue weighted by molar-refractivity contribution is 6.21. The number of hydrogen-bond acceptors (Lipinski definition) is 4. The number of unbranched alkanes of at least 4 members (excludes halogenated alkanes) is 2. The van der Waals surface area contributed by atoms with E-state index in [1.54, 1.807) is 6.07 Å². The largest absolute Gasteiger partial charge is 0.396 e. The molecule has 0 fully saturated rings. The Labute approximate surface area is 122 Å². The first-order chi connectivity index (χ1) is 10.1. The molecule has 1 aromatic carbocycles. The number of rotatable bonds is 6. The van der Waals surface area contributed by atoms with Crippen molar-refractivity contribution in [1.82, 2.24) is 10.2 Å². The van der Waals surface area contributed by atoms with Gasteiger partial charge in [0, 0.05) is 25.8 Å². The van der Waals surface area contributed by atoms with Crippen molar-refractivity contribution in [2.24, 2.45) is 0 Å². The highest BCUT2D eigenvalue weighted by Gasteiger charge is 2.33. The van der Waals surface area contributed by atoms with Crippen LogP contribution in [0.4, 0.5) is 0 Å². The molecule has 1 aliphatic heterocycles. The average molecular weight is 290 g/mol. The molecule has 1 aromatic rings. The molecule has 0 radical (unpaired) electrons. The van der Waals surface area contributed by atoms with Gasteiger partial charge in [-0.1, -0.05) is 0 Å². The summed E-state index contributed by atoms with van der Waals surface area (Å²) in [6.07, 6.45) is 2.35. The first-order valence-electron chi connectivity index (χ1n) is 6.91. The molecular formula is C15H18N2O4. The van der Waals surface area contributed by atoms with E-state index in [9.17, 15) is 14.4 Å². The van der Waals surface area contributed by atoms with Crippen LogP contribution in [0.1, 0.15) is 50.3 Å². The zero-order chi connectivity index (χ0) is 15.4. The summed E-state index contributed by atoms with van der Waals surface area (Å²) in [5.41, 5.74) is 0.977. The molecule has 0 bridgehead atoms. The lowest BCUT2D eigenvalue weighted by Gasteiger charge is -2.05. The third kappa shape index (κ3) is 3.11. The monoisotopic (exact) mass is 290 g/mol. The fraction of sp³-hybridized carbons (Fsp3) is 0.400. The Morgan fingerprint density at radius 3 is 2.57 bits per heavy atom. The van der Waals surface area contributed by atoms with Crippen molar-refractivity contribution < 1.29 is 19.5 Å². The Balaban J connectivity index is 2.01. The van der Waals surface area contributed by atoms with E-state index in [1.807, 2.05) is 0 Å². The number of nitrogens with one attached hydrogen (secondary N) is 1. The maximum absolute atomic E-state index is 12.0. The van der Waals surface area contributed by atoms with Crippen molar-refractivity contribution >= 4 is 17.7 Å². The quantitative estimate of drug-likeness (QED) is 0.599. The Hall–Kier alpha value is -2.21. The summed E-state index contributed by atoms with van der Waals surface area (Å²) in [5, 5.41) is 11.4. The lowest BCUT2D eigenvalue weighted by atomic mass is 10.1. The van der Waals surface area contributed by atoms with Crippen LogP contribution in [-0.4, -0.2) is 47.9 Å². The predicted molar refractivity (Wildman–Crippen MR) is 76.1 cm³/mol. The molecule has 112 valence electrons. The summed E-state index contributed by atoms with van der Waals surface area (Å²) in [6.45, 7) is 0.672. The van der Waals surface area contributed by atoms with Gasteiger partial charge in [0.1, 0.15) is 0 Å². The molecule has 6 nitrogen and oxygen atoms in total. The molecule has 6 heteroatoms. The van der Waals surface area contributed by atoms with E-state index in [1.165, 1.54) is 19.2 Å². The summed E-state index contributed by atoms with van der Waals surface area (Å²) in [7, 11) is 1.42. The van der Waals surface area contributed by atoms with Crippen LogP contribution in [0.5, 0.6) is 0 Å². The zero-order valence-corrected chi connectivity index (χ0v) is 11.9. The van der Waals surface area contributed by atoms with Crippen molar-refractivity contribution in [2.45, 2.75) is 19.3 Å². The molecule has 1 heterocycles. The van der Waals surface area contributed by atoms with Crippen molar-refractivity contribution in [3.63, 3.8) is 0 Å².